The number of thiophene rings is 1. The normalized spacial score (nSPS) is 12.1. The van der Waals surface area contributed by atoms with Gasteiger partial charge in [-0.3, -0.25) is 4.79 Å². The molecule has 0 aliphatic heterocycles. The molecule has 1 unspecified atom stereocenters. The second-order valence-electron chi connectivity index (χ2n) is 4.53. The molecular formula is C12H20Cl2N2OS. The Bertz CT molecular complexity index is 382. The van der Waals surface area contributed by atoms with Crippen LogP contribution in [-0.2, 0) is 0 Å². The molecule has 1 amide bonds. The highest BCUT2D eigenvalue weighted by Gasteiger charge is 2.15. The average Bonchev–Trinajstić information content (AvgIpc) is 2.70. The van der Waals surface area contributed by atoms with Gasteiger partial charge in [0, 0.05) is 19.6 Å². The van der Waals surface area contributed by atoms with E-state index in [9.17, 15) is 4.79 Å². The van der Waals surface area contributed by atoms with Crippen molar-refractivity contribution in [2.24, 2.45) is 11.7 Å². The van der Waals surface area contributed by atoms with Crippen LogP contribution in [0, 0.1) is 5.92 Å². The van der Waals surface area contributed by atoms with Crippen LogP contribution >= 0.6 is 35.3 Å². The number of rotatable bonds is 5. The van der Waals surface area contributed by atoms with E-state index in [4.69, 9.17) is 17.3 Å². The molecule has 104 valence electrons. The van der Waals surface area contributed by atoms with Gasteiger partial charge in [-0.2, -0.15) is 0 Å². The lowest BCUT2D eigenvalue weighted by molar-refractivity contribution is 0.0794. The lowest BCUT2D eigenvalue weighted by Crippen LogP contribution is -2.34. The molecule has 0 aliphatic rings. The molecule has 0 saturated carbocycles. The van der Waals surface area contributed by atoms with Gasteiger partial charge in [-0.05, 0) is 24.5 Å². The largest absolute Gasteiger partial charge is 0.341 e. The second-order valence-corrected chi connectivity index (χ2v) is 6.24. The molecule has 3 nitrogen and oxygen atoms in total. The lowest BCUT2D eigenvalue weighted by atomic mass is 10.0. The van der Waals surface area contributed by atoms with Gasteiger partial charge in [0.2, 0.25) is 0 Å². The van der Waals surface area contributed by atoms with Crippen LogP contribution in [0.3, 0.4) is 0 Å². The molecule has 0 spiro atoms. The third-order valence-electron chi connectivity index (χ3n) is 2.78. The van der Waals surface area contributed by atoms with Crippen molar-refractivity contribution >= 4 is 41.3 Å². The summed E-state index contributed by atoms with van der Waals surface area (Å²) in [6, 6.07) is 3.64. The van der Waals surface area contributed by atoms with E-state index in [-0.39, 0.29) is 24.4 Å². The first-order valence-corrected chi connectivity index (χ1v) is 6.87. The molecule has 0 saturated heterocycles. The summed E-state index contributed by atoms with van der Waals surface area (Å²) in [6.45, 7) is 4.85. The van der Waals surface area contributed by atoms with E-state index < -0.39 is 0 Å². The maximum Gasteiger partial charge on any atom is 0.263 e. The average molecular weight is 311 g/mol. The van der Waals surface area contributed by atoms with Crippen molar-refractivity contribution in [3.05, 3.63) is 21.3 Å². The van der Waals surface area contributed by atoms with Crippen LogP contribution in [0.4, 0.5) is 0 Å². The Hall–Kier alpha value is -0.290. The lowest BCUT2D eigenvalue weighted by Gasteiger charge is -2.21. The van der Waals surface area contributed by atoms with Crippen molar-refractivity contribution < 1.29 is 4.79 Å². The molecular weight excluding hydrogens is 291 g/mol. The topological polar surface area (TPSA) is 46.3 Å². The van der Waals surface area contributed by atoms with Gasteiger partial charge in [0.05, 0.1) is 9.21 Å². The van der Waals surface area contributed by atoms with Crippen LogP contribution in [0.2, 0.25) is 4.34 Å². The molecule has 1 aromatic rings. The summed E-state index contributed by atoms with van der Waals surface area (Å²) >= 11 is 7.11. The van der Waals surface area contributed by atoms with Crippen LogP contribution in [0.5, 0.6) is 0 Å². The molecule has 6 heteroatoms. The predicted octanol–water partition coefficient (Wildman–Crippen LogP) is 3.27. The number of carbonyl (C=O) groups is 1. The van der Waals surface area contributed by atoms with E-state index in [1.54, 1.807) is 24.1 Å². The van der Waals surface area contributed by atoms with Crippen molar-refractivity contribution in [1.29, 1.82) is 0 Å². The first kappa shape index (κ1) is 17.7. The first-order valence-electron chi connectivity index (χ1n) is 5.68. The number of hydrogen-bond acceptors (Lipinski definition) is 3. The third kappa shape index (κ3) is 5.14. The molecule has 0 bridgehead atoms. The summed E-state index contributed by atoms with van der Waals surface area (Å²) in [5.41, 5.74) is 5.95. The monoisotopic (exact) mass is 310 g/mol. The number of halogens is 2. The zero-order chi connectivity index (χ0) is 13.0. The summed E-state index contributed by atoms with van der Waals surface area (Å²) in [7, 11) is 1.79. The highest BCUT2D eigenvalue weighted by Crippen LogP contribution is 2.22. The fraction of sp³-hybridized carbons (Fsp3) is 0.583. The molecule has 1 heterocycles. The molecule has 1 atom stereocenters. The standard InChI is InChI=1S/C12H19ClN2OS.ClH/c1-8(2)9(14)6-7-15(3)12(16)10-4-5-11(13)17-10;/h4-5,8-9H,6-7,14H2,1-3H3;1H. The highest BCUT2D eigenvalue weighted by atomic mass is 35.5. The summed E-state index contributed by atoms with van der Waals surface area (Å²) in [5, 5.41) is 0. The fourth-order valence-electron chi connectivity index (χ4n) is 1.39. The molecule has 18 heavy (non-hydrogen) atoms. The quantitative estimate of drug-likeness (QED) is 0.907. The van der Waals surface area contributed by atoms with E-state index in [2.05, 4.69) is 13.8 Å². The van der Waals surface area contributed by atoms with Crippen LogP contribution in [0.15, 0.2) is 12.1 Å². The van der Waals surface area contributed by atoms with Gasteiger partial charge >= 0.3 is 0 Å². The minimum absolute atomic E-state index is 0. The summed E-state index contributed by atoms with van der Waals surface area (Å²) < 4.78 is 0.639. The third-order valence-corrected chi connectivity index (χ3v) is 4.00. The molecule has 0 radical (unpaired) electrons. The molecule has 1 aromatic heterocycles. The molecule has 0 aliphatic carbocycles. The molecule has 0 fully saturated rings. The van der Waals surface area contributed by atoms with E-state index in [1.807, 2.05) is 0 Å². The Morgan fingerprint density at radius 1 is 1.50 bits per heavy atom. The first-order chi connectivity index (χ1) is 7.91. The minimum atomic E-state index is 0. The van der Waals surface area contributed by atoms with Gasteiger partial charge in [0.25, 0.3) is 5.91 Å². The number of amides is 1. The minimum Gasteiger partial charge on any atom is -0.341 e. The van der Waals surface area contributed by atoms with Crippen molar-refractivity contribution in [3.8, 4) is 0 Å². The van der Waals surface area contributed by atoms with Gasteiger partial charge < -0.3 is 10.6 Å². The molecule has 1 rings (SSSR count). The zero-order valence-electron chi connectivity index (χ0n) is 10.9. The highest BCUT2D eigenvalue weighted by molar-refractivity contribution is 7.17. The maximum absolute atomic E-state index is 12.0. The maximum atomic E-state index is 12.0. The number of nitrogens with two attached hydrogens (primary N) is 1. The van der Waals surface area contributed by atoms with Gasteiger partial charge in [0.15, 0.2) is 0 Å². The molecule has 2 N–H and O–H groups in total. The van der Waals surface area contributed by atoms with E-state index in [0.717, 1.165) is 6.42 Å². The summed E-state index contributed by atoms with van der Waals surface area (Å²) in [5.74, 6) is 0.451. The SMILES string of the molecule is CC(C)C(N)CCN(C)C(=O)c1ccc(Cl)s1.Cl. The van der Waals surface area contributed by atoms with Gasteiger partial charge in [-0.1, -0.05) is 25.4 Å². The van der Waals surface area contributed by atoms with Gasteiger partial charge in [-0.25, -0.2) is 0 Å². The Morgan fingerprint density at radius 2 is 2.11 bits per heavy atom. The number of carbonyl (C=O) groups excluding carboxylic acids is 1. The Balaban J connectivity index is 0.00000289. The van der Waals surface area contributed by atoms with Crippen molar-refractivity contribution in [2.75, 3.05) is 13.6 Å². The van der Waals surface area contributed by atoms with Gasteiger partial charge in [0.1, 0.15) is 0 Å². The second kappa shape index (κ2) is 8.00. The smallest absolute Gasteiger partial charge is 0.263 e. The van der Waals surface area contributed by atoms with Crippen LogP contribution in [0.25, 0.3) is 0 Å². The Labute approximate surface area is 124 Å². The predicted molar refractivity (Wildman–Crippen MR) is 81.0 cm³/mol. The van der Waals surface area contributed by atoms with Gasteiger partial charge in [-0.15, -0.1) is 23.7 Å². The number of nitrogens with zero attached hydrogens (tertiary/aromatic N) is 1. The Morgan fingerprint density at radius 3 is 2.56 bits per heavy atom. The van der Waals surface area contributed by atoms with E-state index >= 15 is 0 Å². The fourth-order valence-corrected chi connectivity index (χ4v) is 2.43. The van der Waals surface area contributed by atoms with Crippen molar-refractivity contribution in [1.82, 2.24) is 4.90 Å². The molecule has 0 aromatic carbocycles. The van der Waals surface area contributed by atoms with Crippen LogP contribution in [0.1, 0.15) is 29.9 Å². The van der Waals surface area contributed by atoms with E-state index in [0.29, 0.717) is 21.7 Å². The van der Waals surface area contributed by atoms with Crippen molar-refractivity contribution in [2.45, 2.75) is 26.3 Å². The summed E-state index contributed by atoms with van der Waals surface area (Å²) in [4.78, 5) is 14.4. The van der Waals surface area contributed by atoms with Crippen LogP contribution in [-0.4, -0.2) is 30.4 Å². The van der Waals surface area contributed by atoms with Crippen LogP contribution < -0.4 is 5.73 Å². The van der Waals surface area contributed by atoms with Crippen molar-refractivity contribution in [3.63, 3.8) is 0 Å². The van der Waals surface area contributed by atoms with E-state index in [1.165, 1.54) is 11.3 Å². The Kier molecular flexibility index (Phi) is 7.87. The summed E-state index contributed by atoms with van der Waals surface area (Å²) in [6.07, 6.45) is 0.818. The number of hydrogen-bond donors (Lipinski definition) is 1. The zero-order valence-corrected chi connectivity index (χ0v) is 13.2.